The van der Waals surface area contributed by atoms with Crippen molar-refractivity contribution in [3.05, 3.63) is 35.9 Å². The Kier molecular flexibility index (Phi) is 6.81. The van der Waals surface area contributed by atoms with Gasteiger partial charge in [0.1, 0.15) is 0 Å². The SMILES string of the molecule is CCC(CC)(C(=O)NCC1(COC)CCNCC1)c1ccccc1. The highest BCUT2D eigenvalue weighted by Crippen LogP contribution is 2.33. The van der Waals surface area contributed by atoms with Crippen LogP contribution in [0.3, 0.4) is 0 Å². The van der Waals surface area contributed by atoms with E-state index in [0.717, 1.165) is 44.3 Å². The minimum atomic E-state index is -0.442. The van der Waals surface area contributed by atoms with Gasteiger partial charge in [0, 0.05) is 19.1 Å². The minimum Gasteiger partial charge on any atom is -0.384 e. The molecule has 4 heteroatoms. The van der Waals surface area contributed by atoms with Crippen molar-refractivity contribution in [2.24, 2.45) is 5.41 Å². The second kappa shape index (κ2) is 8.63. The highest BCUT2D eigenvalue weighted by molar-refractivity contribution is 5.88. The van der Waals surface area contributed by atoms with Gasteiger partial charge in [0.15, 0.2) is 0 Å². The monoisotopic (exact) mass is 332 g/mol. The van der Waals surface area contributed by atoms with Crippen molar-refractivity contribution in [1.29, 1.82) is 0 Å². The third kappa shape index (κ3) is 3.98. The first-order valence-electron chi connectivity index (χ1n) is 9.16. The van der Waals surface area contributed by atoms with Gasteiger partial charge in [-0.15, -0.1) is 0 Å². The zero-order valence-electron chi connectivity index (χ0n) is 15.4. The molecule has 0 unspecified atom stereocenters. The molecule has 1 heterocycles. The number of carbonyl (C=O) groups is 1. The Balaban J connectivity index is 2.13. The average Bonchev–Trinajstić information content (AvgIpc) is 2.63. The van der Waals surface area contributed by atoms with E-state index in [1.807, 2.05) is 18.2 Å². The summed E-state index contributed by atoms with van der Waals surface area (Å²) in [7, 11) is 1.75. The number of ether oxygens (including phenoxy) is 1. The summed E-state index contributed by atoms with van der Waals surface area (Å²) < 4.78 is 5.46. The molecule has 0 saturated carbocycles. The zero-order valence-corrected chi connectivity index (χ0v) is 15.4. The smallest absolute Gasteiger partial charge is 0.230 e. The van der Waals surface area contributed by atoms with Crippen LogP contribution in [0.25, 0.3) is 0 Å². The van der Waals surface area contributed by atoms with Crippen LogP contribution in [0.1, 0.15) is 45.1 Å². The van der Waals surface area contributed by atoms with Crippen molar-refractivity contribution in [2.75, 3.05) is 33.4 Å². The molecule has 2 N–H and O–H groups in total. The van der Waals surface area contributed by atoms with Crippen LogP contribution in [0.15, 0.2) is 30.3 Å². The van der Waals surface area contributed by atoms with Crippen LogP contribution in [-0.2, 0) is 14.9 Å². The highest BCUT2D eigenvalue weighted by atomic mass is 16.5. The lowest BCUT2D eigenvalue weighted by Gasteiger charge is -2.39. The van der Waals surface area contributed by atoms with Crippen LogP contribution >= 0.6 is 0 Å². The molecule has 1 fully saturated rings. The van der Waals surface area contributed by atoms with E-state index in [9.17, 15) is 4.79 Å². The van der Waals surface area contributed by atoms with Gasteiger partial charge in [0.2, 0.25) is 5.91 Å². The molecule has 2 rings (SSSR count). The molecule has 1 aromatic carbocycles. The molecule has 0 radical (unpaired) electrons. The summed E-state index contributed by atoms with van der Waals surface area (Å²) in [5.74, 6) is 0.146. The van der Waals surface area contributed by atoms with Crippen LogP contribution in [0, 0.1) is 5.41 Å². The highest BCUT2D eigenvalue weighted by Gasteiger charge is 2.39. The van der Waals surface area contributed by atoms with E-state index < -0.39 is 5.41 Å². The fourth-order valence-corrected chi connectivity index (χ4v) is 3.94. The van der Waals surface area contributed by atoms with Crippen LogP contribution < -0.4 is 10.6 Å². The zero-order chi connectivity index (χ0) is 17.5. The van der Waals surface area contributed by atoms with E-state index in [4.69, 9.17) is 4.74 Å². The van der Waals surface area contributed by atoms with Gasteiger partial charge in [-0.25, -0.2) is 0 Å². The lowest BCUT2D eigenvalue weighted by molar-refractivity contribution is -0.128. The molecular formula is C20H32N2O2. The third-order valence-electron chi connectivity index (χ3n) is 5.71. The predicted molar refractivity (Wildman–Crippen MR) is 98.1 cm³/mol. The fourth-order valence-electron chi connectivity index (χ4n) is 3.94. The topological polar surface area (TPSA) is 50.4 Å². The lowest BCUT2D eigenvalue weighted by atomic mass is 9.74. The van der Waals surface area contributed by atoms with E-state index in [1.54, 1.807) is 7.11 Å². The molecule has 0 aliphatic carbocycles. The fraction of sp³-hybridized carbons (Fsp3) is 0.650. The number of hydrogen-bond acceptors (Lipinski definition) is 3. The molecule has 1 aliphatic heterocycles. The summed E-state index contributed by atoms with van der Waals surface area (Å²) in [6.45, 7) is 7.58. The molecule has 0 bridgehead atoms. The van der Waals surface area contributed by atoms with Crippen LogP contribution in [0.4, 0.5) is 0 Å². The number of hydrogen-bond donors (Lipinski definition) is 2. The maximum atomic E-state index is 13.1. The molecule has 4 nitrogen and oxygen atoms in total. The van der Waals surface area contributed by atoms with E-state index in [2.05, 4.69) is 36.6 Å². The normalized spacial score (nSPS) is 17.5. The molecule has 24 heavy (non-hydrogen) atoms. The van der Waals surface area contributed by atoms with Crippen molar-refractivity contribution in [2.45, 2.75) is 44.9 Å². The summed E-state index contributed by atoms with van der Waals surface area (Å²) >= 11 is 0. The molecule has 0 atom stereocenters. The number of carbonyl (C=O) groups excluding carboxylic acids is 1. The molecule has 1 aromatic rings. The molecule has 134 valence electrons. The molecular weight excluding hydrogens is 300 g/mol. The third-order valence-corrected chi connectivity index (χ3v) is 5.71. The quantitative estimate of drug-likeness (QED) is 0.770. The summed E-state index contributed by atoms with van der Waals surface area (Å²) in [5.41, 5.74) is 0.723. The maximum absolute atomic E-state index is 13.1. The first-order valence-corrected chi connectivity index (χ1v) is 9.16. The Morgan fingerprint density at radius 3 is 2.38 bits per heavy atom. The van der Waals surface area contributed by atoms with E-state index in [-0.39, 0.29) is 11.3 Å². The van der Waals surface area contributed by atoms with Gasteiger partial charge < -0.3 is 15.4 Å². The van der Waals surface area contributed by atoms with E-state index in [0.29, 0.717) is 13.2 Å². The second-order valence-electron chi connectivity index (χ2n) is 7.02. The van der Waals surface area contributed by atoms with Gasteiger partial charge in [0.25, 0.3) is 0 Å². The van der Waals surface area contributed by atoms with Crippen molar-refractivity contribution in [1.82, 2.24) is 10.6 Å². The number of amides is 1. The first kappa shape index (κ1) is 18.9. The van der Waals surface area contributed by atoms with Crippen LogP contribution in [0.5, 0.6) is 0 Å². The molecule has 0 spiro atoms. The Morgan fingerprint density at radius 2 is 1.83 bits per heavy atom. The maximum Gasteiger partial charge on any atom is 0.230 e. The van der Waals surface area contributed by atoms with Crippen molar-refractivity contribution < 1.29 is 9.53 Å². The van der Waals surface area contributed by atoms with Gasteiger partial charge in [-0.1, -0.05) is 44.2 Å². The summed E-state index contributed by atoms with van der Waals surface area (Å²) in [6.07, 6.45) is 3.69. The van der Waals surface area contributed by atoms with Gasteiger partial charge >= 0.3 is 0 Å². The Hall–Kier alpha value is -1.39. The largest absolute Gasteiger partial charge is 0.384 e. The molecule has 1 amide bonds. The van der Waals surface area contributed by atoms with Crippen LogP contribution in [0.2, 0.25) is 0 Å². The van der Waals surface area contributed by atoms with Gasteiger partial charge in [-0.05, 0) is 44.3 Å². The number of methoxy groups -OCH3 is 1. The van der Waals surface area contributed by atoms with Gasteiger partial charge in [-0.2, -0.15) is 0 Å². The van der Waals surface area contributed by atoms with Crippen molar-refractivity contribution >= 4 is 5.91 Å². The van der Waals surface area contributed by atoms with Gasteiger partial charge in [-0.3, -0.25) is 4.79 Å². The number of piperidine rings is 1. The van der Waals surface area contributed by atoms with Crippen molar-refractivity contribution in [3.63, 3.8) is 0 Å². The average molecular weight is 332 g/mol. The lowest BCUT2D eigenvalue weighted by Crippen LogP contribution is -2.51. The Labute approximate surface area is 146 Å². The standard InChI is InChI=1S/C20H32N2O2/c1-4-20(5-2,17-9-7-6-8-10-17)18(23)22-15-19(16-24-3)11-13-21-14-12-19/h6-10,21H,4-5,11-16H2,1-3H3,(H,22,23). The van der Waals surface area contributed by atoms with E-state index in [1.165, 1.54) is 0 Å². The second-order valence-corrected chi connectivity index (χ2v) is 7.02. The van der Waals surface area contributed by atoms with Gasteiger partial charge in [0.05, 0.1) is 12.0 Å². The van der Waals surface area contributed by atoms with Crippen molar-refractivity contribution in [3.8, 4) is 0 Å². The number of nitrogens with one attached hydrogen (secondary N) is 2. The number of benzene rings is 1. The number of rotatable bonds is 8. The first-order chi connectivity index (χ1) is 11.6. The summed E-state index contributed by atoms with van der Waals surface area (Å²) in [4.78, 5) is 13.1. The predicted octanol–water partition coefficient (Wildman–Crippen LogP) is 2.88. The Morgan fingerprint density at radius 1 is 1.21 bits per heavy atom. The summed E-state index contributed by atoms with van der Waals surface area (Å²) in [5, 5.41) is 6.67. The van der Waals surface area contributed by atoms with Crippen LogP contribution in [-0.4, -0.2) is 39.3 Å². The minimum absolute atomic E-state index is 0.0551. The molecule has 1 aliphatic rings. The molecule has 0 aromatic heterocycles. The Bertz CT molecular complexity index is 500. The van der Waals surface area contributed by atoms with E-state index >= 15 is 0 Å². The summed E-state index contributed by atoms with van der Waals surface area (Å²) in [6, 6.07) is 10.2. The molecule has 1 saturated heterocycles.